The number of amides is 1. The normalized spacial score (nSPS) is 10.3. The lowest BCUT2D eigenvalue weighted by Crippen LogP contribution is -2.27. The van der Waals surface area contributed by atoms with Gasteiger partial charge in [0.1, 0.15) is 5.75 Å². The van der Waals surface area contributed by atoms with E-state index in [0.29, 0.717) is 19.4 Å². The molecule has 0 aromatic heterocycles. The molecule has 0 spiro atoms. The largest absolute Gasteiger partial charge is 0.497 e. The van der Waals surface area contributed by atoms with E-state index in [2.05, 4.69) is 5.32 Å². The highest BCUT2D eigenvalue weighted by Crippen LogP contribution is 2.12. The maximum Gasteiger partial charge on any atom is 0.307 e. The lowest BCUT2D eigenvalue weighted by molar-refractivity contribution is -0.147. The highest BCUT2D eigenvalue weighted by molar-refractivity contribution is 5.77. The molecule has 0 atom stereocenters. The van der Waals surface area contributed by atoms with Crippen LogP contribution in [0.3, 0.4) is 0 Å². The molecule has 1 aromatic rings. The van der Waals surface area contributed by atoms with Crippen LogP contribution in [-0.2, 0) is 20.7 Å². The third-order valence-electron chi connectivity index (χ3n) is 2.82. The average Bonchev–Trinajstić information content (AvgIpc) is 2.45. The molecule has 0 unspecified atom stereocenters. The lowest BCUT2D eigenvalue weighted by Gasteiger charge is -2.08. The van der Waals surface area contributed by atoms with E-state index in [1.165, 1.54) is 0 Å². The Morgan fingerprint density at radius 1 is 1.14 bits per heavy atom. The van der Waals surface area contributed by atoms with E-state index >= 15 is 0 Å². The van der Waals surface area contributed by atoms with Gasteiger partial charge in [-0.3, -0.25) is 9.59 Å². The number of aryl methyl sites for hydroxylation is 1. The first-order chi connectivity index (χ1) is 10.0. The first-order valence-corrected chi connectivity index (χ1v) is 7.10. The molecular weight excluding hydrogens is 270 g/mol. The average molecular weight is 293 g/mol. The summed E-state index contributed by atoms with van der Waals surface area (Å²) in [4.78, 5) is 22.9. The number of ether oxygens (including phenoxy) is 2. The van der Waals surface area contributed by atoms with Crippen molar-refractivity contribution in [3.8, 4) is 5.75 Å². The van der Waals surface area contributed by atoms with E-state index in [-0.39, 0.29) is 24.4 Å². The second-order valence-corrected chi connectivity index (χ2v) is 4.99. The van der Waals surface area contributed by atoms with E-state index in [1.807, 2.05) is 24.3 Å². The monoisotopic (exact) mass is 293 g/mol. The van der Waals surface area contributed by atoms with E-state index < -0.39 is 0 Å². The molecule has 0 bridgehead atoms. The number of esters is 1. The number of hydrogen-bond donors (Lipinski definition) is 1. The number of hydrogen-bond acceptors (Lipinski definition) is 4. The van der Waals surface area contributed by atoms with E-state index in [0.717, 1.165) is 11.3 Å². The van der Waals surface area contributed by atoms with Crippen LogP contribution in [0.25, 0.3) is 0 Å². The van der Waals surface area contributed by atoms with Gasteiger partial charge >= 0.3 is 5.97 Å². The number of carbonyl (C=O) groups excluding carboxylic acids is 2. The fourth-order valence-corrected chi connectivity index (χ4v) is 1.76. The van der Waals surface area contributed by atoms with Gasteiger partial charge in [-0.25, -0.2) is 0 Å². The molecule has 0 aliphatic heterocycles. The number of benzene rings is 1. The molecule has 5 heteroatoms. The minimum absolute atomic E-state index is 0.0665. The maximum absolute atomic E-state index is 11.7. The Kier molecular flexibility index (Phi) is 7.29. The van der Waals surface area contributed by atoms with Gasteiger partial charge in [0.15, 0.2) is 0 Å². The van der Waals surface area contributed by atoms with Gasteiger partial charge in [-0.15, -0.1) is 0 Å². The zero-order valence-electron chi connectivity index (χ0n) is 12.8. The number of methoxy groups -OCH3 is 1. The first kappa shape index (κ1) is 17.0. The molecule has 21 heavy (non-hydrogen) atoms. The predicted octanol–water partition coefficient (Wildman–Crippen LogP) is 2.09. The fourth-order valence-electron chi connectivity index (χ4n) is 1.76. The first-order valence-electron chi connectivity index (χ1n) is 7.10. The summed E-state index contributed by atoms with van der Waals surface area (Å²) in [6.07, 6.45) is 1.13. The SMILES string of the molecule is COc1ccc(CCC(=O)NCCC(=O)OC(C)C)cc1. The molecule has 1 rings (SSSR count). The van der Waals surface area contributed by atoms with Crippen molar-refractivity contribution in [2.45, 2.75) is 39.2 Å². The molecule has 0 heterocycles. The van der Waals surface area contributed by atoms with E-state index in [4.69, 9.17) is 9.47 Å². The van der Waals surface area contributed by atoms with Gasteiger partial charge in [-0.1, -0.05) is 12.1 Å². The van der Waals surface area contributed by atoms with Crippen molar-refractivity contribution in [3.05, 3.63) is 29.8 Å². The molecule has 1 amide bonds. The van der Waals surface area contributed by atoms with E-state index in [1.54, 1.807) is 21.0 Å². The summed E-state index contributed by atoms with van der Waals surface area (Å²) in [6, 6.07) is 7.61. The molecule has 0 aliphatic rings. The van der Waals surface area contributed by atoms with Crippen molar-refractivity contribution in [3.63, 3.8) is 0 Å². The highest BCUT2D eigenvalue weighted by Gasteiger charge is 2.07. The van der Waals surface area contributed by atoms with Crippen molar-refractivity contribution in [2.75, 3.05) is 13.7 Å². The third kappa shape index (κ3) is 7.34. The standard InChI is InChI=1S/C16H23NO4/c1-12(2)21-16(19)10-11-17-15(18)9-6-13-4-7-14(20-3)8-5-13/h4-5,7-8,12H,6,9-11H2,1-3H3,(H,17,18). The van der Waals surface area contributed by atoms with Crippen molar-refractivity contribution >= 4 is 11.9 Å². The number of rotatable bonds is 8. The summed E-state index contributed by atoms with van der Waals surface area (Å²) in [6.45, 7) is 3.91. The zero-order valence-corrected chi connectivity index (χ0v) is 12.8. The third-order valence-corrected chi connectivity index (χ3v) is 2.82. The minimum Gasteiger partial charge on any atom is -0.497 e. The van der Waals surface area contributed by atoms with Crippen LogP contribution in [0.5, 0.6) is 5.75 Å². The van der Waals surface area contributed by atoms with Crippen LogP contribution in [0.15, 0.2) is 24.3 Å². The van der Waals surface area contributed by atoms with Gasteiger partial charge in [0.25, 0.3) is 0 Å². The Balaban J connectivity index is 2.20. The summed E-state index contributed by atoms with van der Waals surface area (Å²) in [5, 5.41) is 2.72. The topological polar surface area (TPSA) is 64.6 Å². The zero-order chi connectivity index (χ0) is 15.7. The van der Waals surface area contributed by atoms with Crippen LogP contribution < -0.4 is 10.1 Å². The molecule has 0 radical (unpaired) electrons. The summed E-state index contributed by atoms with van der Waals surface area (Å²) in [7, 11) is 1.62. The van der Waals surface area contributed by atoms with Gasteiger partial charge in [0, 0.05) is 13.0 Å². The Morgan fingerprint density at radius 2 is 1.81 bits per heavy atom. The fraction of sp³-hybridized carbons (Fsp3) is 0.500. The van der Waals surface area contributed by atoms with Crippen molar-refractivity contribution in [1.82, 2.24) is 5.32 Å². The van der Waals surface area contributed by atoms with Crippen LogP contribution in [0.2, 0.25) is 0 Å². The highest BCUT2D eigenvalue weighted by atomic mass is 16.5. The molecule has 0 aliphatic carbocycles. The molecular formula is C16H23NO4. The molecule has 5 nitrogen and oxygen atoms in total. The van der Waals surface area contributed by atoms with Crippen molar-refractivity contribution < 1.29 is 19.1 Å². The van der Waals surface area contributed by atoms with E-state index in [9.17, 15) is 9.59 Å². The van der Waals surface area contributed by atoms with Gasteiger partial charge in [-0.05, 0) is 38.0 Å². The Hall–Kier alpha value is -2.04. The van der Waals surface area contributed by atoms with Gasteiger partial charge < -0.3 is 14.8 Å². The molecule has 1 aromatic carbocycles. The summed E-state index contributed by atoms with van der Waals surface area (Å²) in [5.41, 5.74) is 1.07. The lowest BCUT2D eigenvalue weighted by atomic mass is 10.1. The molecule has 0 saturated heterocycles. The molecule has 1 N–H and O–H groups in total. The number of carbonyl (C=O) groups is 2. The van der Waals surface area contributed by atoms with Gasteiger partial charge in [0.2, 0.25) is 5.91 Å². The summed E-state index contributed by atoms with van der Waals surface area (Å²) < 4.78 is 10.1. The quantitative estimate of drug-likeness (QED) is 0.745. The van der Waals surface area contributed by atoms with Crippen LogP contribution in [0.1, 0.15) is 32.3 Å². The molecule has 0 saturated carbocycles. The molecule has 116 valence electrons. The second kappa shape index (κ2) is 9.00. The van der Waals surface area contributed by atoms with Crippen LogP contribution >= 0.6 is 0 Å². The molecule has 0 fully saturated rings. The van der Waals surface area contributed by atoms with Crippen LogP contribution in [0, 0.1) is 0 Å². The summed E-state index contributed by atoms with van der Waals surface area (Å²) >= 11 is 0. The summed E-state index contributed by atoms with van der Waals surface area (Å²) in [5.74, 6) is 0.440. The van der Waals surface area contributed by atoms with Gasteiger partial charge in [0.05, 0.1) is 19.6 Å². The van der Waals surface area contributed by atoms with Crippen molar-refractivity contribution in [2.24, 2.45) is 0 Å². The van der Waals surface area contributed by atoms with Crippen LogP contribution in [0.4, 0.5) is 0 Å². The van der Waals surface area contributed by atoms with Crippen molar-refractivity contribution in [1.29, 1.82) is 0 Å². The number of nitrogens with one attached hydrogen (secondary N) is 1. The maximum atomic E-state index is 11.7. The van der Waals surface area contributed by atoms with Crippen LogP contribution in [-0.4, -0.2) is 31.6 Å². The Morgan fingerprint density at radius 3 is 2.38 bits per heavy atom. The smallest absolute Gasteiger partial charge is 0.307 e. The second-order valence-electron chi connectivity index (χ2n) is 4.99. The Labute approximate surface area is 125 Å². The minimum atomic E-state index is -0.291. The predicted molar refractivity (Wildman–Crippen MR) is 80.2 cm³/mol. The Bertz CT molecular complexity index is 454. The van der Waals surface area contributed by atoms with Gasteiger partial charge in [-0.2, -0.15) is 0 Å².